The summed E-state index contributed by atoms with van der Waals surface area (Å²) in [5.41, 5.74) is 10.2. The monoisotopic (exact) mass is 255 g/mol. The predicted octanol–water partition coefficient (Wildman–Crippen LogP) is 2.64. The molecule has 4 heteroatoms. The van der Waals surface area contributed by atoms with Crippen molar-refractivity contribution in [3.05, 3.63) is 41.7 Å². The van der Waals surface area contributed by atoms with Crippen LogP contribution in [-0.2, 0) is 13.5 Å². The van der Waals surface area contributed by atoms with E-state index >= 15 is 0 Å². The lowest BCUT2D eigenvalue weighted by Gasteiger charge is -2.01. The first kappa shape index (κ1) is 12.0. The fourth-order valence-corrected chi connectivity index (χ4v) is 2.61. The van der Waals surface area contributed by atoms with Gasteiger partial charge >= 0.3 is 0 Å². The molecule has 0 aliphatic heterocycles. The second kappa shape index (κ2) is 4.55. The molecule has 0 spiro atoms. The zero-order valence-corrected chi connectivity index (χ0v) is 11.2. The van der Waals surface area contributed by atoms with Gasteiger partial charge in [-0.3, -0.25) is 0 Å². The molecular weight excluding hydrogens is 238 g/mol. The summed E-state index contributed by atoms with van der Waals surface area (Å²) in [6.45, 7) is 2.70. The van der Waals surface area contributed by atoms with Crippen LogP contribution in [0, 0.1) is 6.92 Å². The van der Waals surface area contributed by atoms with E-state index in [-0.39, 0.29) is 0 Å². The summed E-state index contributed by atoms with van der Waals surface area (Å²) < 4.78 is 7.67. The minimum Gasteiger partial charge on any atom is -0.356 e. The van der Waals surface area contributed by atoms with Gasteiger partial charge in [-0.1, -0.05) is 23.4 Å². The summed E-state index contributed by atoms with van der Waals surface area (Å²) >= 11 is 0. The molecule has 3 aromatic rings. The van der Waals surface area contributed by atoms with Crippen molar-refractivity contribution in [2.75, 3.05) is 6.54 Å². The molecule has 0 unspecified atom stereocenters. The van der Waals surface area contributed by atoms with Gasteiger partial charge in [-0.25, -0.2) is 0 Å². The molecule has 3 rings (SSSR count). The first-order valence-corrected chi connectivity index (χ1v) is 6.42. The molecule has 2 aromatic heterocycles. The Kier molecular flexibility index (Phi) is 2.87. The van der Waals surface area contributed by atoms with E-state index in [0.29, 0.717) is 6.54 Å². The van der Waals surface area contributed by atoms with Crippen LogP contribution in [0.4, 0.5) is 0 Å². The Morgan fingerprint density at radius 2 is 2.11 bits per heavy atom. The smallest absolute Gasteiger partial charge is 0.172 e. The van der Waals surface area contributed by atoms with Crippen LogP contribution in [-0.4, -0.2) is 16.3 Å². The number of nitrogens with zero attached hydrogens (tertiary/aromatic N) is 2. The van der Waals surface area contributed by atoms with Crippen molar-refractivity contribution in [3.63, 3.8) is 0 Å². The second-order valence-corrected chi connectivity index (χ2v) is 4.76. The van der Waals surface area contributed by atoms with Gasteiger partial charge in [-0.15, -0.1) is 0 Å². The molecule has 0 aliphatic carbocycles. The number of benzene rings is 1. The fourth-order valence-electron chi connectivity index (χ4n) is 2.61. The van der Waals surface area contributed by atoms with Crippen LogP contribution in [0.3, 0.4) is 0 Å². The van der Waals surface area contributed by atoms with Gasteiger partial charge < -0.3 is 14.8 Å². The van der Waals surface area contributed by atoms with Crippen LogP contribution in [0.25, 0.3) is 22.2 Å². The van der Waals surface area contributed by atoms with E-state index in [1.165, 1.54) is 16.6 Å². The summed E-state index contributed by atoms with van der Waals surface area (Å²) in [4.78, 5) is 0. The Morgan fingerprint density at radius 1 is 1.32 bits per heavy atom. The molecule has 2 N–H and O–H groups in total. The minimum atomic E-state index is 0.595. The van der Waals surface area contributed by atoms with Crippen molar-refractivity contribution >= 4 is 10.9 Å². The molecule has 0 bridgehead atoms. The summed E-state index contributed by atoms with van der Waals surface area (Å²) in [5.74, 6) is 0.847. The van der Waals surface area contributed by atoms with Gasteiger partial charge in [0.2, 0.25) is 0 Å². The van der Waals surface area contributed by atoms with Crippen LogP contribution in [0.2, 0.25) is 0 Å². The second-order valence-electron chi connectivity index (χ2n) is 4.76. The van der Waals surface area contributed by atoms with Crippen molar-refractivity contribution in [2.24, 2.45) is 12.8 Å². The minimum absolute atomic E-state index is 0.595. The van der Waals surface area contributed by atoms with Crippen molar-refractivity contribution in [2.45, 2.75) is 13.3 Å². The van der Waals surface area contributed by atoms with E-state index < -0.39 is 0 Å². The molecule has 2 heterocycles. The molecule has 0 saturated heterocycles. The third-order valence-electron chi connectivity index (χ3n) is 3.68. The average molecular weight is 255 g/mol. The van der Waals surface area contributed by atoms with Crippen LogP contribution >= 0.6 is 0 Å². The van der Waals surface area contributed by atoms with Gasteiger partial charge in [-0.2, -0.15) is 0 Å². The predicted molar refractivity (Wildman–Crippen MR) is 75.9 cm³/mol. The lowest BCUT2D eigenvalue weighted by atomic mass is 10.0. The highest BCUT2D eigenvalue weighted by Crippen LogP contribution is 2.35. The summed E-state index contributed by atoms with van der Waals surface area (Å²) in [6.07, 6.45) is 2.55. The molecule has 4 nitrogen and oxygen atoms in total. The van der Waals surface area contributed by atoms with Crippen LogP contribution < -0.4 is 5.73 Å². The standard InChI is InChI=1S/C15H17N3O/c1-10-14(15-11(7-8-16)9-17-19-15)12-5-3-4-6-13(12)18(10)2/h3-6,9H,7-8,16H2,1-2H3. The Labute approximate surface area is 111 Å². The number of nitrogens with two attached hydrogens (primary N) is 1. The normalized spacial score (nSPS) is 11.3. The number of aromatic nitrogens is 2. The number of fused-ring (bicyclic) bond motifs is 1. The maximum Gasteiger partial charge on any atom is 0.172 e. The molecule has 0 fully saturated rings. The van der Waals surface area contributed by atoms with E-state index in [1.54, 1.807) is 6.20 Å². The highest BCUT2D eigenvalue weighted by atomic mass is 16.5. The third kappa shape index (κ3) is 1.76. The van der Waals surface area contributed by atoms with E-state index in [2.05, 4.69) is 35.8 Å². The maximum absolute atomic E-state index is 5.65. The molecular formula is C15H17N3O. The lowest BCUT2D eigenvalue weighted by molar-refractivity contribution is 0.431. The number of hydrogen-bond donors (Lipinski definition) is 1. The molecule has 19 heavy (non-hydrogen) atoms. The first-order valence-electron chi connectivity index (χ1n) is 6.42. The highest BCUT2D eigenvalue weighted by Gasteiger charge is 2.19. The lowest BCUT2D eigenvalue weighted by Crippen LogP contribution is -2.02. The Bertz CT molecular complexity index is 724. The van der Waals surface area contributed by atoms with Gasteiger partial charge in [0.15, 0.2) is 5.76 Å². The molecule has 0 saturated carbocycles. The zero-order chi connectivity index (χ0) is 13.4. The van der Waals surface area contributed by atoms with Gasteiger partial charge in [0.05, 0.1) is 6.20 Å². The quantitative estimate of drug-likeness (QED) is 0.782. The van der Waals surface area contributed by atoms with Gasteiger partial charge in [0.25, 0.3) is 0 Å². The SMILES string of the molecule is Cc1c(-c2oncc2CCN)c2ccccc2n1C. The van der Waals surface area contributed by atoms with Crippen LogP contribution in [0.5, 0.6) is 0 Å². The Morgan fingerprint density at radius 3 is 2.89 bits per heavy atom. The van der Waals surface area contributed by atoms with Gasteiger partial charge in [0.1, 0.15) is 0 Å². The Balaban J connectivity index is 2.30. The largest absolute Gasteiger partial charge is 0.356 e. The van der Waals surface area contributed by atoms with Crippen molar-refractivity contribution in [3.8, 4) is 11.3 Å². The van der Waals surface area contributed by atoms with Crippen LogP contribution in [0.1, 0.15) is 11.3 Å². The van der Waals surface area contributed by atoms with E-state index in [0.717, 1.165) is 23.3 Å². The number of aryl methyl sites for hydroxylation is 1. The fraction of sp³-hybridized carbons (Fsp3) is 0.267. The molecule has 98 valence electrons. The maximum atomic E-state index is 5.65. The summed E-state index contributed by atoms with van der Waals surface area (Å²) in [7, 11) is 2.07. The molecule has 0 atom stereocenters. The number of hydrogen-bond acceptors (Lipinski definition) is 3. The number of rotatable bonds is 3. The summed E-state index contributed by atoms with van der Waals surface area (Å²) in [6, 6.07) is 8.33. The molecule has 1 aromatic carbocycles. The first-order chi connectivity index (χ1) is 9.24. The van der Waals surface area contributed by atoms with E-state index in [1.807, 2.05) is 12.1 Å². The van der Waals surface area contributed by atoms with E-state index in [4.69, 9.17) is 10.3 Å². The van der Waals surface area contributed by atoms with Crippen LogP contribution in [0.15, 0.2) is 35.0 Å². The van der Waals surface area contributed by atoms with Crippen molar-refractivity contribution in [1.82, 2.24) is 9.72 Å². The third-order valence-corrected chi connectivity index (χ3v) is 3.68. The molecule has 0 radical (unpaired) electrons. The van der Waals surface area contributed by atoms with Crippen molar-refractivity contribution in [1.29, 1.82) is 0 Å². The van der Waals surface area contributed by atoms with Gasteiger partial charge in [-0.05, 0) is 26.0 Å². The van der Waals surface area contributed by atoms with Crippen molar-refractivity contribution < 1.29 is 4.52 Å². The zero-order valence-electron chi connectivity index (χ0n) is 11.2. The van der Waals surface area contributed by atoms with Gasteiger partial charge in [0, 0.05) is 34.8 Å². The Hall–Kier alpha value is -2.07. The topological polar surface area (TPSA) is 57.0 Å². The molecule has 0 aliphatic rings. The number of para-hydroxylation sites is 1. The average Bonchev–Trinajstić information content (AvgIpc) is 2.96. The highest BCUT2D eigenvalue weighted by molar-refractivity contribution is 5.97. The van der Waals surface area contributed by atoms with E-state index in [9.17, 15) is 0 Å². The summed E-state index contributed by atoms with van der Waals surface area (Å²) in [5, 5.41) is 5.13. The molecule has 0 amide bonds.